The number of allylic oxidation sites excluding steroid dienone is 2. The number of thiocarbonyl (C=S) groups is 2. The van der Waals surface area contributed by atoms with E-state index in [0.717, 1.165) is 47.9 Å². The first-order chi connectivity index (χ1) is 31.2. The summed E-state index contributed by atoms with van der Waals surface area (Å²) < 4.78 is 2.34. The Bertz CT molecular complexity index is 2430. The molecule has 12 nitrogen and oxygen atoms in total. The Labute approximate surface area is 403 Å². The van der Waals surface area contributed by atoms with Gasteiger partial charge in [0.1, 0.15) is 6.04 Å². The number of nitrogens with zero attached hydrogens (tertiary/aromatic N) is 2. The molecule has 2 saturated carbocycles. The molecule has 358 valence electrons. The standard InChI is InChI=1S/C52H74N8O4S2/c1-29(2)59-31(5)51(7,8)37-25-35(39(27-41(37)59)57-43(61)21-23-53-49(65)55-33-17-13-11-14-18-33)45-47(63)46(48(45)64)36-26-38-42(60(30(3)4)32(6)52(38,9)10)28-40(36)58-44(62)22-24-54-50(66)56-34-19-15-12-16-20-34/h25-34H,11-24H2,1-10H3,(H6,53,54,55,56,57,58,61,62,63,64,65,66). The maximum absolute atomic E-state index is 14.9. The number of benzene rings is 2. The van der Waals surface area contributed by atoms with Gasteiger partial charge in [-0.3, -0.25) is 14.4 Å². The van der Waals surface area contributed by atoms with Crippen LogP contribution in [0.3, 0.4) is 0 Å². The van der Waals surface area contributed by atoms with Gasteiger partial charge in [0.2, 0.25) is 17.2 Å². The normalized spacial score (nSPS) is 22.2. The van der Waals surface area contributed by atoms with Crippen LogP contribution in [0.25, 0.3) is 11.1 Å². The van der Waals surface area contributed by atoms with Crippen molar-refractivity contribution in [2.24, 2.45) is 0 Å². The predicted molar refractivity (Wildman–Crippen MR) is 274 cm³/mol. The summed E-state index contributed by atoms with van der Waals surface area (Å²) >= 11 is 11.1. The van der Waals surface area contributed by atoms with E-state index in [1.54, 1.807) is 0 Å². The molecule has 2 aromatic rings. The number of anilines is 3. The molecule has 6 N–H and O–H groups in total. The highest BCUT2D eigenvalue weighted by Gasteiger charge is 2.47. The lowest BCUT2D eigenvalue weighted by Crippen LogP contribution is -2.43. The molecule has 2 aliphatic heterocycles. The van der Waals surface area contributed by atoms with Crippen LogP contribution in [0.4, 0.5) is 17.1 Å². The molecule has 7 rings (SSSR count). The van der Waals surface area contributed by atoms with Crippen molar-refractivity contribution >= 4 is 80.5 Å². The van der Waals surface area contributed by atoms with E-state index in [2.05, 4.69) is 111 Å². The SMILES string of the molecule is CC(C)N1c2cc(NC(=O)CCNC(=S)NC3CCCCC3)c(C3=C([O-])/C(=c4/cc5c(cc4NC(=O)CCNC(=S)NC4CCCCC4)=[N+](C(C)C)C(C)C5(C)C)C3=O)cc2C(C)(C)C1C. The fourth-order valence-corrected chi connectivity index (χ4v) is 11.7. The molecule has 3 aliphatic carbocycles. The van der Waals surface area contributed by atoms with Crippen molar-refractivity contribution in [1.29, 1.82) is 0 Å². The lowest BCUT2D eigenvalue weighted by Gasteiger charge is -2.34. The van der Waals surface area contributed by atoms with Crippen molar-refractivity contribution in [2.75, 3.05) is 28.6 Å². The molecule has 14 heteroatoms. The Balaban J connectivity index is 1.24. The van der Waals surface area contributed by atoms with Crippen molar-refractivity contribution in [3.05, 3.63) is 57.3 Å². The molecular formula is C52H74N8O4S2. The molecule has 66 heavy (non-hydrogen) atoms. The Hall–Kier alpha value is -4.56. The van der Waals surface area contributed by atoms with Crippen LogP contribution in [-0.2, 0) is 25.2 Å². The van der Waals surface area contributed by atoms with Crippen LogP contribution in [0.15, 0.2) is 30.0 Å². The highest BCUT2D eigenvalue weighted by molar-refractivity contribution is 7.80. The van der Waals surface area contributed by atoms with Crippen molar-refractivity contribution in [3.63, 3.8) is 0 Å². The average molecular weight is 939 g/mol. The second-order valence-corrected chi connectivity index (χ2v) is 21.9. The number of hydrogen-bond acceptors (Lipinski definition) is 7. The van der Waals surface area contributed by atoms with Crippen LogP contribution in [0, 0.1) is 0 Å². The zero-order valence-electron chi connectivity index (χ0n) is 41.0. The highest BCUT2D eigenvalue weighted by atomic mass is 32.1. The molecule has 2 fully saturated rings. The number of carbonyl (C=O) groups is 3. The summed E-state index contributed by atoms with van der Waals surface area (Å²) in [4.78, 5) is 44.7. The van der Waals surface area contributed by atoms with E-state index in [-0.39, 0.29) is 70.8 Å². The first kappa shape index (κ1) is 49.3. The molecule has 0 spiro atoms. The van der Waals surface area contributed by atoms with Gasteiger partial charge in [0, 0.05) is 94.8 Å². The van der Waals surface area contributed by atoms with Gasteiger partial charge in [0.05, 0.1) is 16.8 Å². The number of nitrogens with one attached hydrogen (secondary N) is 6. The van der Waals surface area contributed by atoms with E-state index in [4.69, 9.17) is 24.4 Å². The van der Waals surface area contributed by atoms with Crippen molar-refractivity contribution in [1.82, 2.24) is 25.8 Å². The first-order valence-corrected chi connectivity index (χ1v) is 25.5. The topological polar surface area (TPSA) is 153 Å². The zero-order valence-corrected chi connectivity index (χ0v) is 42.6. The number of hydrogen-bond donors (Lipinski definition) is 6. The van der Waals surface area contributed by atoms with Crippen LogP contribution in [0.1, 0.15) is 163 Å². The van der Waals surface area contributed by atoms with E-state index in [1.165, 1.54) is 38.5 Å². The van der Waals surface area contributed by atoms with Crippen LogP contribution < -0.4 is 57.1 Å². The Kier molecular flexibility index (Phi) is 14.9. The zero-order chi connectivity index (χ0) is 47.8. The number of fused-ring (bicyclic) bond motifs is 2. The summed E-state index contributed by atoms with van der Waals surface area (Å²) in [5.41, 5.74) is 3.65. The van der Waals surface area contributed by atoms with Gasteiger partial charge in [-0.15, -0.1) is 0 Å². The van der Waals surface area contributed by atoms with Gasteiger partial charge in [-0.25, -0.2) is 4.58 Å². The molecule has 2 heterocycles. The number of Topliss-reactive ketones (excluding diaryl/α,β-unsaturated/α-hetero) is 1. The monoisotopic (exact) mass is 939 g/mol. The number of amides is 2. The Morgan fingerprint density at radius 2 is 1.27 bits per heavy atom. The van der Waals surface area contributed by atoms with E-state index in [1.807, 2.05) is 24.3 Å². The highest BCUT2D eigenvalue weighted by Crippen LogP contribution is 2.50. The average Bonchev–Trinajstić information content (AvgIpc) is 3.57. The van der Waals surface area contributed by atoms with E-state index < -0.39 is 11.5 Å². The van der Waals surface area contributed by atoms with Gasteiger partial charge in [0.25, 0.3) is 0 Å². The van der Waals surface area contributed by atoms with Gasteiger partial charge >= 0.3 is 0 Å². The third kappa shape index (κ3) is 9.87. The van der Waals surface area contributed by atoms with Crippen LogP contribution >= 0.6 is 24.4 Å². The smallest absolute Gasteiger partial charge is 0.226 e. The number of ketones is 1. The summed E-state index contributed by atoms with van der Waals surface area (Å²) in [5.74, 6) is -1.35. The molecule has 2 atom stereocenters. The summed E-state index contributed by atoms with van der Waals surface area (Å²) in [6.45, 7) is 22.4. The Morgan fingerprint density at radius 1 is 0.742 bits per heavy atom. The first-order valence-electron chi connectivity index (χ1n) is 24.7. The minimum Gasteiger partial charge on any atom is -0.871 e. The molecule has 5 aliphatic rings. The number of carbonyl (C=O) groups excluding carboxylic acids is 3. The summed E-state index contributed by atoms with van der Waals surface area (Å²) in [6, 6.07) is 9.03. The fourth-order valence-electron chi connectivity index (χ4n) is 11.1. The molecule has 2 unspecified atom stereocenters. The minimum absolute atomic E-state index is 0.0305. The van der Waals surface area contributed by atoms with Gasteiger partial charge in [-0.1, -0.05) is 58.1 Å². The molecule has 0 bridgehead atoms. The van der Waals surface area contributed by atoms with Gasteiger partial charge < -0.3 is 41.9 Å². The molecule has 0 aromatic heterocycles. The lowest BCUT2D eigenvalue weighted by molar-refractivity contribution is -0.292. The van der Waals surface area contributed by atoms with E-state index >= 15 is 0 Å². The third-order valence-electron chi connectivity index (χ3n) is 15.4. The second kappa shape index (κ2) is 20.0. The Morgan fingerprint density at radius 3 is 1.77 bits per heavy atom. The van der Waals surface area contributed by atoms with Crippen molar-refractivity contribution < 1.29 is 19.5 Å². The quantitative estimate of drug-likeness (QED) is 0.105. The maximum atomic E-state index is 14.9. The third-order valence-corrected chi connectivity index (χ3v) is 15.9. The molecule has 0 radical (unpaired) electrons. The van der Waals surface area contributed by atoms with Crippen LogP contribution in [0.2, 0.25) is 0 Å². The summed E-state index contributed by atoms with van der Waals surface area (Å²) in [5, 5.41) is 36.7. The largest absolute Gasteiger partial charge is 0.871 e. The van der Waals surface area contributed by atoms with Crippen molar-refractivity contribution in [3.8, 4) is 0 Å². The van der Waals surface area contributed by atoms with E-state index in [9.17, 15) is 19.5 Å². The second-order valence-electron chi connectivity index (χ2n) is 21.1. The fraction of sp³-hybridized carbons (Fsp3) is 0.615. The van der Waals surface area contributed by atoms with E-state index in [0.29, 0.717) is 57.6 Å². The van der Waals surface area contributed by atoms with Gasteiger partial charge in [-0.05, 0) is 129 Å². The van der Waals surface area contributed by atoms with Crippen LogP contribution in [0.5, 0.6) is 0 Å². The maximum Gasteiger partial charge on any atom is 0.226 e. The number of rotatable bonds is 13. The molecule has 0 saturated heterocycles. The molecule has 2 aromatic carbocycles. The van der Waals surface area contributed by atoms with Crippen LogP contribution in [-0.4, -0.2) is 77.2 Å². The minimum atomic E-state index is -0.415. The molecular weight excluding hydrogens is 865 g/mol. The van der Waals surface area contributed by atoms with Gasteiger partial charge in [0.15, 0.2) is 22.0 Å². The van der Waals surface area contributed by atoms with Gasteiger partial charge in [-0.2, -0.15) is 0 Å². The van der Waals surface area contributed by atoms with Crippen molar-refractivity contribution in [2.45, 2.75) is 193 Å². The lowest BCUT2D eigenvalue weighted by atomic mass is 9.76. The summed E-state index contributed by atoms with van der Waals surface area (Å²) in [6.07, 6.45) is 11.9. The predicted octanol–water partition coefficient (Wildman–Crippen LogP) is 5.92. The molecule has 2 amide bonds. The summed E-state index contributed by atoms with van der Waals surface area (Å²) in [7, 11) is 0.